The molecule has 19 heavy (non-hydrogen) atoms. The maximum atomic E-state index is 5.71. The molecule has 3 heterocycles. The minimum Gasteiger partial charge on any atom is -0.340 e. The Kier molecular flexibility index (Phi) is 3.81. The lowest BCUT2D eigenvalue weighted by molar-refractivity contribution is 0.602. The summed E-state index contributed by atoms with van der Waals surface area (Å²) in [6.45, 7) is 2.73. The van der Waals surface area contributed by atoms with E-state index in [-0.39, 0.29) is 0 Å². The lowest BCUT2D eigenvalue weighted by Gasteiger charge is -2.15. The second kappa shape index (κ2) is 5.56. The fourth-order valence-corrected chi connectivity index (χ4v) is 3.65. The van der Waals surface area contributed by atoms with E-state index in [4.69, 9.17) is 5.73 Å². The van der Waals surface area contributed by atoms with Gasteiger partial charge in [-0.2, -0.15) is 0 Å². The summed E-state index contributed by atoms with van der Waals surface area (Å²) in [5.41, 5.74) is 6.77. The van der Waals surface area contributed by atoms with Crippen molar-refractivity contribution in [1.82, 2.24) is 9.97 Å². The fraction of sp³-hybridized carbons (Fsp3) is 0.385. The lowest BCUT2D eigenvalue weighted by atomic mass is 10.1. The van der Waals surface area contributed by atoms with E-state index in [0.29, 0.717) is 5.92 Å². The molecule has 1 fully saturated rings. The van der Waals surface area contributed by atoms with Crippen LogP contribution in [0.3, 0.4) is 0 Å². The third kappa shape index (κ3) is 2.80. The molecule has 0 bridgehead atoms. The topological polar surface area (TPSA) is 55.0 Å². The van der Waals surface area contributed by atoms with Crippen LogP contribution in [-0.4, -0.2) is 29.6 Å². The van der Waals surface area contributed by atoms with Crippen molar-refractivity contribution in [1.29, 1.82) is 0 Å². The first-order valence-corrected chi connectivity index (χ1v) is 7.90. The molecular formula is C13H15BrN4S. The summed E-state index contributed by atoms with van der Waals surface area (Å²) >= 11 is 5.16. The average Bonchev–Trinajstić information content (AvgIpc) is 3.07. The van der Waals surface area contributed by atoms with E-state index in [1.165, 1.54) is 4.88 Å². The number of rotatable bonds is 3. The maximum absolute atomic E-state index is 5.71. The van der Waals surface area contributed by atoms with Crippen molar-refractivity contribution in [3.63, 3.8) is 0 Å². The van der Waals surface area contributed by atoms with Gasteiger partial charge in [0.05, 0.1) is 3.79 Å². The third-order valence-corrected chi connectivity index (χ3v) is 5.07. The van der Waals surface area contributed by atoms with Crippen LogP contribution in [0.25, 0.3) is 10.4 Å². The molecule has 0 aliphatic carbocycles. The van der Waals surface area contributed by atoms with Crippen molar-refractivity contribution >= 4 is 33.2 Å². The largest absolute Gasteiger partial charge is 0.340 e. The number of nitrogens with zero attached hydrogens (tertiary/aromatic N) is 3. The zero-order chi connectivity index (χ0) is 13.2. The highest BCUT2D eigenvalue weighted by Crippen LogP contribution is 2.31. The van der Waals surface area contributed by atoms with Gasteiger partial charge in [0.1, 0.15) is 0 Å². The van der Waals surface area contributed by atoms with Crippen molar-refractivity contribution in [2.45, 2.75) is 6.42 Å². The van der Waals surface area contributed by atoms with Gasteiger partial charge in [0.15, 0.2) is 0 Å². The first-order valence-electron chi connectivity index (χ1n) is 6.29. The summed E-state index contributed by atoms with van der Waals surface area (Å²) < 4.78 is 1.12. The molecule has 2 N–H and O–H groups in total. The molecule has 1 atom stereocenters. The second-order valence-corrected chi connectivity index (χ2v) is 7.17. The zero-order valence-corrected chi connectivity index (χ0v) is 12.8. The molecule has 0 spiro atoms. The molecule has 100 valence electrons. The number of halogens is 1. The van der Waals surface area contributed by atoms with Crippen molar-refractivity contribution in [3.05, 3.63) is 28.3 Å². The Labute approximate surface area is 124 Å². The Morgan fingerprint density at radius 3 is 2.74 bits per heavy atom. The first kappa shape index (κ1) is 13.0. The van der Waals surface area contributed by atoms with E-state index in [2.05, 4.69) is 36.9 Å². The smallest absolute Gasteiger partial charge is 0.225 e. The van der Waals surface area contributed by atoms with Gasteiger partial charge in [0.25, 0.3) is 0 Å². The van der Waals surface area contributed by atoms with Crippen LogP contribution < -0.4 is 10.6 Å². The van der Waals surface area contributed by atoms with Gasteiger partial charge in [-0.3, -0.25) is 0 Å². The molecule has 1 unspecified atom stereocenters. The standard InChI is InChI=1S/C13H15BrN4S/c14-12-2-1-11(19-12)10-6-16-13(17-7-10)18-4-3-9(5-15)8-18/h1-2,6-7,9H,3-5,8,15H2. The summed E-state index contributed by atoms with van der Waals surface area (Å²) in [7, 11) is 0. The Morgan fingerprint density at radius 2 is 2.16 bits per heavy atom. The number of anilines is 1. The minimum atomic E-state index is 0.580. The summed E-state index contributed by atoms with van der Waals surface area (Å²) in [5.74, 6) is 1.40. The number of hydrogen-bond donors (Lipinski definition) is 1. The molecule has 4 nitrogen and oxygen atoms in total. The van der Waals surface area contributed by atoms with Crippen LogP contribution in [0.5, 0.6) is 0 Å². The molecule has 0 amide bonds. The van der Waals surface area contributed by atoms with E-state index < -0.39 is 0 Å². The van der Waals surface area contributed by atoms with Crippen molar-refractivity contribution in [2.75, 3.05) is 24.5 Å². The summed E-state index contributed by atoms with van der Waals surface area (Å²) in [5, 5.41) is 0. The van der Waals surface area contributed by atoms with Crippen LogP contribution in [0.15, 0.2) is 28.3 Å². The zero-order valence-electron chi connectivity index (χ0n) is 10.4. The normalized spacial score (nSPS) is 19.1. The van der Waals surface area contributed by atoms with Crippen molar-refractivity contribution in [2.24, 2.45) is 11.7 Å². The maximum Gasteiger partial charge on any atom is 0.225 e. The molecule has 0 radical (unpaired) electrons. The highest BCUT2D eigenvalue weighted by molar-refractivity contribution is 9.11. The van der Waals surface area contributed by atoms with Crippen molar-refractivity contribution < 1.29 is 0 Å². The first-order chi connectivity index (χ1) is 9.26. The highest BCUT2D eigenvalue weighted by Gasteiger charge is 2.23. The molecule has 1 aliphatic rings. The van der Waals surface area contributed by atoms with Crippen LogP contribution in [-0.2, 0) is 0 Å². The van der Waals surface area contributed by atoms with Crippen LogP contribution in [0, 0.1) is 5.92 Å². The van der Waals surface area contributed by atoms with E-state index >= 15 is 0 Å². The molecule has 2 aromatic heterocycles. The fourth-order valence-electron chi connectivity index (χ4n) is 2.29. The van der Waals surface area contributed by atoms with Gasteiger partial charge >= 0.3 is 0 Å². The molecule has 6 heteroatoms. The second-order valence-electron chi connectivity index (χ2n) is 4.71. The molecule has 0 aromatic carbocycles. The van der Waals surface area contributed by atoms with Gasteiger partial charge in [-0.15, -0.1) is 11.3 Å². The number of aromatic nitrogens is 2. The van der Waals surface area contributed by atoms with Crippen LogP contribution in [0.2, 0.25) is 0 Å². The summed E-state index contributed by atoms with van der Waals surface area (Å²) in [6.07, 6.45) is 4.94. The van der Waals surface area contributed by atoms with E-state index in [1.54, 1.807) is 11.3 Å². The predicted octanol–water partition coefficient (Wildman–Crippen LogP) is 2.75. The van der Waals surface area contributed by atoms with Gasteiger partial charge in [0.2, 0.25) is 5.95 Å². The van der Waals surface area contributed by atoms with Gasteiger partial charge < -0.3 is 10.6 Å². The average molecular weight is 339 g/mol. The summed E-state index contributed by atoms with van der Waals surface area (Å²) in [6, 6.07) is 4.12. The Morgan fingerprint density at radius 1 is 1.37 bits per heavy atom. The Hall–Kier alpha value is -0.980. The van der Waals surface area contributed by atoms with Crippen molar-refractivity contribution in [3.8, 4) is 10.4 Å². The number of hydrogen-bond acceptors (Lipinski definition) is 5. The monoisotopic (exact) mass is 338 g/mol. The van der Waals surface area contributed by atoms with Crippen LogP contribution >= 0.6 is 27.3 Å². The lowest BCUT2D eigenvalue weighted by Crippen LogP contribution is -2.24. The van der Waals surface area contributed by atoms with Crippen LogP contribution in [0.4, 0.5) is 5.95 Å². The van der Waals surface area contributed by atoms with Gasteiger partial charge in [-0.05, 0) is 46.9 Å². The van der Waals surface area contributed by atoms with Crippen LogP contribution in [0.1, 0.15) is 6.42 Å². The molecule has 1 aliphatic heterocycles. The number of nitrogens with two attached hydrogens (primary N) is 1. The molecule has 1 saturated heterocycles. The summed E-state index contributed by atoms with van der Waals surface area (Å²) in [4.78, 5) is 12.4. The molecule has 2 aromatic rings. The quantitative estimate of drug-likeness (QED) is 0.934. The van der Waals surface area contributed by atoms with E-state index in [1.807, 2.05) is 18.5 Å². The highest BCUT2D eigenvalue weighted by atomic mass is 79.9. The third-order valence-electron chi connectivity index (χ3n) is 3.40. The molecule has 3 rings (SSSR count). The molecular weight excluding hydrogens is 324 g/mol. The Balaban J connectivity index is 1.76. The van der Waals surface area contributed by atoms with Gasteiger partial charge in [-0.1, -0.05) is 0 Å². The SMILES string of the molecule is NCC1CCN(c2ncc(-c3ccc(Br)s3)cn2)C1. The Bertz CT molecular complexity index is 554. The predicted molar refractivity (Wildman–Crippen MR) is 82.4 cm³/mol. The van der Waals surface area contributed by atoms with Gasteiger partial charge in [0, 0.05) is 35.9 Å². The minimum absolute atomic E-state index is 0.580. The van der Waals surface area contributed by atoms with E-state index in [9.17, 15) is 0 Å². The van der Waals surface area contributed by atoms with Gasteiger partial charge in [-0.25, -0.2) is 9.97 Å². The molecule has 0 saturated carbocycles. The number of thiophene rings is 1. The van der Waals surface area contributed by atoms with E-state index in [0.717, 1.165) is 41.4 Å².